The molecule has 1 aliphatic rings. The minimum atomic E-state index is -0.711. The van der Waals surface area contributed by atoms with Crippen LogP contribution < -0.4 is 5.32 Å². The molecule has 1 heterocycles. The molecule has 1 saturated heterocycles. The molecular weight excluding hydrogens is 130 g/mol. The van der Waals surface area contributed by atoms with Crippen molar-refractivity contribution in [3.05, 3.63) is 12.2 Å². The highest BCUT2D eigenvalue weighted by molar-refractivity contribution is 6.16. The van der Waals surface area contributed by atoms with Crippen LogP contribution in [0, 0.1) is 5.41 Å². The molecule has 0 aromatic carbocycles. The number of amides is 2. The Balaban J connectivity index is 3.08. The van der Waals surface area contributed by atoms with Gasteiger partial charge in [0.05, 0.1) is 5.41 Å². The van der Waals surface area contributed by atoms with Gasteiger partial charge in [-0.2, -0.15) is 0 Å². The molecule has 0 radical (unpaired) electrons. The third-order valence-corrected chi connectivity index (χ3v) is 1.82. The van der Waals surface area contributed by atoms with Crippen molar-refractivity contribution < 1.29 is 9.59 Å². The summed E-state index contributed by atoms with van der Waals surface area (Å²) in [6.07, 6.45) is 0. The molecule has 1 N–H and O–H groups in total. The molecular formula is C7H9NO2. The highest BCUT2D eigenvalue weighted by Crippen LogP contribution is 2.29. The van der Waals surface area contributed by atoms with Gasteiger partial charge in [0.1, 0.15) is 0 Å². The summed E-state index contributed by atoms with van der Waals surface area (Å²) in [7, 11) is 0. The Labute approximate surface area is 59.1 Å². The number of hydrogen-bond acceptors (Lipinski definition) is 2. The van der Waals surface area contributed by atoms with Gasteiger partial charge in [-0.3, -0.25) is 14.9 Å². The summed E-state index contributed by atoms with van der Waals surface area (Å²) in [5, 5.41) is 2.18. The smallest absolute Gasteiger partial charge is 0.254 e. The second-order valence-electron chi connectivity index (χ2n) is 2.89. The molecule has 0 aromatic rings. The van der Waals surface area contributed by atoms with Crippen LogP contribution in [0.15, 0.2) is 12.2 Å². The van der Waals surface area contributed by atoms with E-state index in [0.717, 1.165) is 0 Å². The molecule has 0 unspecified atom stereocenters. The van der Waals surface area contributed by atoms with Crippen molar-refractivity contribution in [2.24, 2.45) is 5.41 Å². The Morgan fingerprint density at radius 3 is 2.00 bits per heavy atom. The van der Waals surface area contributed by atoms with Crippen LogP contribution in [0.5, 0.6) is 0 Å². The minimum Gasteiger partial charge on any atom is -0.292 e. The predicted octanol–water partition coefficient (Wildman–Crippen LogP) is 0.225. The van der Waals surface area contributed by atoms with Crippen molar-refractivity contribution in [1.82, 2.24) is 5.32 Å². The number of carbonyl (C=O) groups excluding carboxylic acids is 2. The number of carbonyl (C=O) groups is 2. The summed E-state index contributed by atoms with van der Waals surface area (Å²) in [4.78, 5) is 21.7. The van der Waals surface area contributed by atoms with E-state index < -0.39 is 5.41 Å². The van der Waals surface area contributed by atoms with Crippen LogP contribution in [0.4, 0.5) is 0 Å². The normalized spacial score (nSPS) is 23.2. The van der Waals surface area contributed by atoms with Gasteiger partial charge in [0.25, 0.3) is 5.91 Å². The maximum atomic E-state index is 10.9. The fourth-order valence-corrected chi connectivity index (χ4v) is 0.756. The van der Waals surface area contributed by atoms with Crippen LogP contribution in [0.2, 0.25) is 0 Å². The SMILES string of the molecule is C=C1C(=O)NC(=O)C1(C)C. The van der Waals surface area contributed by atoms with Gasteiger partial charge in [-0.1, -0.05) is 6.58 Å². The van der Waals surface area contributed by atoms with Gasteiger partial charge in [-0.25, -0.2) is 0 Å². The molecule has 54 valence electrons. The summed E-state index contributed by atoms with van der Waals surface area (Å²) in [6, 6.07) is 0. The standard InChI is InChI=1S/C7H9NO2/c1-4-5(9)8-6(10)7(4,2)3/h1H2,2-3H3,(H,8,9,10). The van der Waals surface area contributed by atoms with E-state index in [-0.39, 0.29) is 11.8 Å². The highest BCUT2D eigenvalue weighted by Gasteiger charge is 2.41. The molecule has 2 amide bonds. The predicted molar refractivity (Wildman–Crippen MR) is 36.1 cm³/mol. The van der Waals surface area contributed by atoms with E-state index in [2.05, 4.69) is 11.9 Å². The van der Waals surface area contributed by atoms with E-state index in [4.69, 9.17) is 0 Å². The molecule has 0 aromatic heterocycles. The molecule has 1 aliphatic heterocycles. The second-order valence-corrected chi connectivity index (χ2v) is 2.89. The van der Waals surface area contributed by atoms with Crippen molar-refractivity contribution in [2.45, 2.75) is 13.8 Å². The van der Waals surface area contributed by atoms with E-state index in [0.29, 0.717) is 5.57 Å². The topological polar surface area (TPSA) is 46.2 Å². The first-order valence-corrected chi connectivity index (χ1v) is 3.01. The average molecular weight is 139 g/mol. The van der Waals surface area contributed by atoms with Crippen molar-refractivity contribution >= 4 is 11.8 Å². The minimum absolute atomic E-state index is 0.262. The molecule has 10 heavy (non-hydrogen) atoms. The maximum Gasteiger partial charge on any atom is 0.254 e. The molecule has 0 bridgehead atoms. The molecule has 3 nitrogen and oxygen atoms in total. The third-order valence-electron chi connectivity index (χ3n) is 1.82. The highest BCUT2D eigenvalue weighted by atomic mass is 16.2. The average Bonchev–Trinajstić information content (AvgIpc) is 1.97. The van der Waals surface area contributed by atoms with Crippen LogP contribution >= 0.6 is 0 Å². The number of imide groups is 1. The quantitative estimate of drug-likeness (QED) is 0.385. The van der Waals surface area contributed by atoms with E-state index >= 15 is 0 Å². The van der Waals surface area contributed by atoms with Gasteiger partial charge in [-0.05, 0) is 13.8 Å². The van der Waals surface area contributed by atoms with Crippen LogP contribution in [0.25, 0.3) is 0 Å². The first-order chi connectivity index (χ1) is 4.46. The molecule has 0 aliphatic carbocycles. The zero-order valence-electron chi connectivity index (χ0n) is 6.02. The van der Waals surface area contributed by atoms with Crippen molar-refractivity contribution in [2.75, 3.05) is 0 Å². The number of nitrogens with one attached hydrogen (secondary N) is 1. The third kappa shape index (κ3) is 0.667. The van der Waals surface area contributed by atoms with E-state index in [1.54, 1.807) is 13.8 Å². The van der Waals surface area contributed by atoms with E-state index in [1.165, 1.54) is 0 Å². The summed E-state index contributed by atoms with van der Waals surface area (Å²) < 4.78 is 0. The lowest BCUT2D eigenvalue weighted by atomic mass is 9.88. The van der Waals surface area contributed by atoms with E-state index in [1.807, 2.05) is 0 Å². The Morgan fingerprint density at radius 1 is 1.40 bits per heavy atom. The summed E-state index contributed by atoms with van der Waals surface area (Å²) in [5.74, 6) is -0.613. The Hall–Kier alpha value is -1.12. The zero-order valence-corrected chi connectivity index (χ0v) is 6.02. The fraction of sp³-hybridized carbons (Fsp3) is 0.429. The monoisotopic (exact) mass is 139 g/mol. The van der Waals surface area contributed by atoms with Gasteiger partial charge in [0.15, 0.2) is 0 Å². The number of hydrogen-bond donors (Lipinski definition) is 1. The van der Waals surface area contributed by atoms with E-state index in [9.17, 15) is 9.59 Å². The molecule has 0 spiro atoms. The van der Waals surface area contributed by atoms with Gasteiger partial charge in [0, 0.05) is 5.57 Å². The second kappa shape index (κ2) is 1.68. The lowest BCUT2D eigenvalue weighted by molar-refractivity contribution is -0.127. The summed E-state index contributed by atoms with van der Waals surface area (Å²) >= 11 is 0. The van der Waals surface area contributed by atoms with Crippen molar-refractivity contribution in [3.8, 4) is 0 Å². The Kier molecular flexibility index (Phi) is 1.18. The first-order valence-electron chi connectivity index (χ1n) is 3.01. The Morgan fingerprint density at radius 2 is 1.90 bits per heavy atom. The van der Waals surface area contributed by atoms with Crippen LogP contribution in [0.1, 0.15) is 13.8 Å². The van der Waals surface area contributed by atoms with Crippen LogP contribution in [0.3, 0.4) is 0 Å². The number of rotatable bonds is 0. The lowest BCUT2D eigenvalue weighted by Crippen LogP contribution is -2.26. The van der Waals surface area contributed by atoms with Gasteiger partial charge in [-0.15, -0.1) is 0 Å². The molecule has 0 saturated carbocycles. The maximum absolute atomic E-state index is 10.9. The molecule has 1 rings (SSSR count). The van der Waals surface area contributed by atoms with Crippen molar-refractivity contribution in [1.29, 1.82) is 0 Å². The molecule has 3 heteroatoms. The first kappa shape index (κ1) is 6.99. The summed E-state index contributed by atoms with van der Waals surface area (Å²) in [6.45, 7) is 6.86. The fourth-order valence-electron chi connectivity index (χ4n) is 0.756. The largest absolute Gasteiger partial charge is 0.292 e. The molecule has 1 fully saturated rings. The lowest BCUT2D eigenvalue weighted by Gasteiger charge is -2.11. The van der Waals surface area contributed by atoms with Gasteiger partial charge >= 0.3 is 0 Å². The Bertz CT molecular complexity index is 228. The van der Waals surface area contributed by atoms with Gasteiger partial charge in [0.2, 0.25) is 5.91 Å². The summed E-state index contributed by atoms with van der Waals surface area (Å²) in [5.41, 5.74) is -0.366. The zero-order chi connectivity index (χ0) is 7.94. The van der Waals surface area contributed by atoms with Crippen LogP contribution in [-0.2, 0) is 9.59 Å². The molecule has 0 atom stereocenters. The van der Waals surface area contributed by atoms with Crippen molar-refractivity contribution in [3.63, 3.8) is 0 Å². The van der Waals surface area contributed by atoms with Crippen LogP contribution in [-0.4, -0.2) is 11.8 Å². The van der Waals surface area contributed by atoms with Gasteiger partial charge < -0.3 is 0 Å².